The summed E-state index contributed by atoms with van der Waals surface area (Å²) in [5.41, 5.74) is 1.07. The first kappa shape index (κ1) is 18.2. The van der Waals surface area contributed by atoms with Crippen LogP contribution in [0.1, 0.15) is 24.5 Å². The molecule has 0 saturated heterocycles. The van der Waals surface area contributed by atoms with E-state index in [2.05, 4.69) is 0 Å². The standard InChI is InChI=1S/C17H16FNO3S2/c1-12(18)4-5-13-9-15(20)7-6-14(13)10-16(11-19)24(21,22)17-3-2-8-23-17/h2-3,6-10,12,20H,4-5H2,1H3. The van der Waals surface area contributed by atoms with Crippen molar-refractivity contribution in [2.45, 2.75) is 30.1 Å². The van der Waals surface area contributed by atoms with E-state index in [0.29, 0.717) is 17.5 Å². The number of allylic oxidation sites excluding steroid dienone is 1. The third kappa shape index (κ3) is 4.22. The molecule has 1 heterocycles. The van der Waals surface area contributed by atoms with Crippen molar-refractivity contribution < 1.29 is 17.9 Å². The van der Waals surface area contributed by atoms with Crippen molar-refractivity contribution in [3.8, 4) is 11.8 Å². The maximum atomic E-state index is 13.1. The van der Waals surface area contributed by atoms with Crippen molar-refractivity contribution in [1.29, 1.82) is 5.26 Å². The van der Waals surface area contributed by atoms with Gasteiger partial charge in [-0.1, -0.05) is 12.1 Å². The predicted octanol–water partition coefficient (Wildman–Crippen LogP) is 4.08. The molecule has 126 valence electrons. The number of phenolic OH excluding ortho intramolecular Hbond substituents is 1. The van der Waals surface area contributed by atoms with Gasteiger partial charge in [0, 0.05) is 0 Å². The number of thiophene rings is 1. The molecule has 0 bridgehead atoms. The zero-order chi connectivity index (χ0) is 17.7. The third-order valence-electron chi connectivity index (χ3n) is 3.38. The van der Waals surface area contributed by atoms with Gasteiger partial charge < -0.3 is 5.11 Å². The summed E-state index contributed by atoms with van der Waals surface area (Å²) in [7, 11) is -3.88. The summed E-state index contributed by atoms with van der Waals surface area (Å²) in [5.74, 6) is 0.00767. The van der Waals surface area contributed by atoms with Gasteiger partial charge in [-0.3, -0.25) is 0 Å². The Bertz CT molecular complexity index is 879. The maximum Gasteiger partial charge on any atom is 0.226 e. The number of nitrogens with zero attached hydrogens (tertiary/aromatic N) is 1. The highest BCUT2D eigenvalue weighted by Crippen LogP contribution is 2.27. The number of benzene rings is 1. The average Bonchev–Trinajstić information content (AvgIpc) is 3.06. The van der Waals surface area contributed by atoms with Gasteiger partial charge in [-0.2, -0.15) is 5.26 Å². The van der Waals surface area contributed by atoms with Crippen LogP contribution in [0.25, 0.3) is 6.08 Å². The van der Waals surface area contributed by atoms with Crippen LogP contribution in [-0.2, 0) is 16.3 Å². The molecule has 1 atom stereocenters. The Morgan fingerprint density at radius 1 is 1.46 bits per heavy atom. The topological polar surface area (TPSA) is 78.2 Å². The summed E-state index contributed by atoms with van der Waals surface area (Å²) in [5, 5.41) is 20.5. The monoisotopic (exact) mass is 365 g/mol. The van der Waals surface area contributed by atoms with E-state index in [-0.39, 0.29) is 21.3 Å². The first-order valence-electron chi connectivity index (χ1n) is 7.21. The van der Waals surface area contributed by atoms with E-state index in [0.717, 1.165) is 11.3 Å². The molecular formula is C17H16FNO3S2. The van der Waals surface area contributed by atoms with Gasteiger partial charge in [0.1, 0.15) is 16.0 Å². The fourth-order valence-electron chi connectivity index (χ4n) is 2.14. The molecule has 1 unspecified atom stereocenters. The van der Waals surface area contributed by atoms with Crippen LogP contribution < -0.4 is 0 Å². The number of alkyl halides is 1. The van der Waals surface area contributed by atoms with Gasteiger partial charge in [0.15, 0.2) is 4.91 Å². The van der Waals surface area contributed by atoms with Gasteiger partial charge in [-0.15, -0.1) is 11.3 Å². The predicted molar refractivity (Wildman–Crippen MR) is 92.1 cm³/mol. The number of aromatic hydroxyl groups is 1. The van der Waals surface area contributed by atoms with Crippen LogP contribution in [0.5, 0.6) is 5.75 Å². The van der Waals surface area contributed by atoms with Gasteiger partial charge in [-0.25, -0.2) is 12.8 Å². The third-order valence-corrected chi connectivity index (χ3v) is 6.45. The number of phenols is 1. The van der Waals surface area contributed by atoms with E-state index < -0.39 is 16.0 Å². The van der Waals surface area contributed by atoms with E-state index in [9.17, 15) is 23.2 Å². The maximum absolute atomic E-state index is 13.1. The van der Waals surface area contributed by atoms with Crippen molar-refractivity contribution in [2.24, 2.45) is 0 Å². The number of hydrogen-bond donors (Lipinski definition) is 1. The molecule has 0 fully saturated rings. The van der Waals surface area contributed by atoms with E-state index in [1.54, 1.807) is 17.5 Å². The number of aryl methyl sites for hydroxylation is 1. The first-order chi connectivity index (χ1) is 11.3. The summed E-state index contributed by atoms with van der Waals surface area (Å²) in [4.78, 5) is -0.384. The lowest BCUT2D eigenvalue weighted by molar-refractivity contribution is 0.341. The molecule has 0 amide bonds. The molecule has 0 spiro atoms. The number of sulfone groups is 1. The minimum absolute atomic E-state index is 0.00767. The lowest BCUT2D eigenvalue weighted by atomic mass is 10.0. The molecule has 0 aliphatic rings. The molecule has 1 N–H and O–H groups in total. The summed E-state index contributed by atoms with van der Waals surface area (Å²) in [6, 6.07) is 9.15. The number of hydrogen-bond acceptors (Lipinski definition) is 5. The highest BCUT2D eigenvalue weighted by molar-refractivity contribution is 7.97. The van der Waals surface area contributed by atoms with Crippen LogP contribution in [0.4, 0.5) is 4.39 Å². The van der Waals surface area contributed by atoms with Crippen LogP contribution in [0, 0.1) is 11.3 Å². The second kappa shape index (κ2) is 7.60. The Morgan fingerprint density at radius 3 is 2.79 bits per heavy atom. The minimum Gasteiger partial charge on any atom is -0.508 e. The number of nitriles is 1. The van der Waals surface area contributed by atoms with Crippen molar-refractivity contribution in [2.75, 3.05) is 0 Å². The SMILES string of the molecule is CC(F)CCc1cc(O)ccc1C=C(C#N)S(=O)(=O)c1cccs1. The van der Waals surface area contributed by atoms with Crippen LogP contribution in [-0.4, -0.2) is 19.7 Å². The molecule has 0 radical (unpaired) electrons. The van der Waals surface area contributed by atoms with E-state index in [4.69, 9.17) is 0 Å². The fraction of sp³-hybridized carbons (Fsp3) is 0.235. The van der Waals surface area contributed by atoms with Crippen LogP contribution in [0.2, 0.25) is 0 Å². The van der Waals surface area contributed by atoms with Gasteiger partial charge >= 0.3 is 0 Å². The zero-order valence-corrected chi connectivity index (χ0v) is 14.6. The quantitative estimate of drug-likeness (QED) is 0.782. The largest absolute Gasteiger partial charge is 0.508 e. The highest BCUT2D eigenvalue weighted by Gasteiger charge is 2.22. The summed E-state index contributed by atoms with van der Waals surface area (Å²) in [6.07, 6.45) is 0.821. The summed E-state index contributed by atoms with van der Waals surface area (Å²) >= 11 is 1.04. The first-order valence-corrected chi connectivity index (χ1v) is 9.57. The van der Waals surface area contributed by atoms with Crippen molar-refractivity contribution >= 4 is 27.3 Å². The lowest BCUT2D eigenvalue weighted by Gasteiger charge is -2.08. The van der Waals surface area contributed by atoms with Gasteiger partial charge in [0.25, 0.3) is 0 Å². The van der Waals surface area contributed by atoms with Crippen molar-refractivity contribution in [3.05, 3.63) is 51.7 Å². The molecule has 24 heavy (non-hydrogen) atoms. The summed E-state index contributed by atoms with van der Waals surface area (Å²) < 4.78 is 38.2. The van der Waals surface area contributed by atoms with E-state index >= 15 is 0 Å². The van der Waals surface area contributed by atoms with Crippen LogP contribution in [0.15, 0.2) is 44.8 Å². The second-order valence-electron chi connectivity index (χ2n) is 5.26. The molecule has 2 aromatic rings. The van der Waals surface area contributed by atoms with E-state index in [1.807, 2.05) is 0 Å². The molecule has 1 aromatic heterocycles. The zero-order valence-electron chi connectivity index (χ0n) is 12.9. The normalized spacial score (nSPS) is 13.5. The van der Waals surface area contributed by atoms with Gasteiger partial charge in [0.2, 0.25) is 9.84 Å². The highest BCUT2D eigenvalue weighted by atomic mass is 32.2. The Balaban J connectivity index is 2.47. The molecule has 0 aliphatic carbocycles. The van der Waals surface area contributed by atoms with Crippen molar-refractivity contribution in [1.82, 2.24) is 0 Å². The smallest absolute Gasteiger partial charge is 0.226 e. The van der Waals surface area contributed by atoms with Crippen LogP contribution in [0.3, 0.4) is 0 Å². The van der Waals surface area contributed by atoms with Crippen molar-refractivity contribution in [3.63, 3.8) is 0 Å². The Labute approximate surface area is 144 Å². The molecule has 0 aliphatic heterocycles. The van der Waals surface area contributed by atoms with E-state index in [1.165, 1.54) is 37.3 Å². The Hall–Kier alpha value is -2.17. The molecular weight excluding hydrogens is 349 g/mol. The molecule has 7 heteroatoms. The lowest BCUT2D eigenvalue weighted by Crippen LogP contribution is -2.02. The average molecular weight is 365 g/mol. The van der Waals surface area contributed by atoms with Crippen LogP contribution >= 0.6 is 11.3 Å². The van der Waals surface area contributed by atoms with Gasteiger partial charge in [-0.05, 0) is 60.5 Å². The fourth-order valence-corrected chi connectivity index (χ4v) is 4.41. The molecule has 0 saturated carbocycles. The molecule has 4 nitrogen and oxygen atoms in total. The summed E-state index contributed by atoms with van der Waals surface area (Å²) in [6.45, 7) is 1.43. The molecule has 1 aromatic carbocycles. The molecule has 2 rings (SSSR count). The Kier molecular flexibility index (Phi) is 5.75. The Morgan fingerprint density at radius 2 is 2.21 bits per heavy atom. The van der Waals surface area contributed by atoms with Gasteiger partial charge in [0.05, 0.1) is 6.17 Å². The second-order valence-corrected chi connectivity index (χ2v) is 8.35. The number of rotatable bonds is 6. The minimum atomic E-state index is -3.88. The number of halogens is 1.